The molecular weight excluding hydrogens is 323 g/mol. The van der Waals surface area contributed by atoms with E-state index in [1.54, 1.807) is 11.8 Å². The Morgan fingerprint density at radius 1 is 1.29 bits per heavy atom. The average Bonchev–Trinajstić information content (AvgIpc) is 2.50. The number of halogens is 2. The largest absolute Gasteiger partial charge is 0.320 e. The van der Waals surface area contributed by atoms with Crippen LogP contribution in [0.2, 0.25) is 10.0 Å². The summed E-state index contributed by atoms with van der Waals surface area (Å²) in [7, 11) is 2.04. The van der Waals surface area contributed by atoms with Crippen LogP contribution in [-0.2, 0) is 0 Å². The van der Waals surface area contributed by atoms with Gasteiger partial charge in [-0.15, -0.1) is 11.8 Å². The number of nitrogens with one attached hydrogen (secondary N) is 1. The number of benzene rings is 1. The van der Waals surface area contributed by atoms with Gasteiger partial charge in [-0.25, -0.2) is 0 Å². The second kappa shape index (κ2) is 9.26. The second-order valence-corrected chi connectivity index (χ2v) is 7.58. The summed E-state index contributed by atoms with van der Waals surface area (Å²) in [5.41, 5.74) is 0. The molecule has 0 radical (unpaired) electrons. The minimum absolute atomic E-state index is 0.757. The van der Waals surface area contributed by atoms with Gasteiger partial charge in [0.05, 0.1) is 5.02 Å². The number of hydrogen-bond donors (Lipinski definition) is 1. The summed E-state index contributed by atoms with van der Waals surface area (Å²) >= 11 is 14.0. The molecule has 1 fully saturated rings. The molecule has 2 rings (SSSR count). The Morgan fingerprint density at radius 3 is 2.76 bits per heavy atom. The van der Waals surface area contributed by atoms with Crippen LogP contribution in [0.3, 0.4) is 0 Å². The molecule has 0 saturated carbocycles. The highest BCUT2D eigenvalue weighted by Gasteiger charge is 2.18. The zero-order valence-corrected chi connectivity index (χ0v) is 14.9. The first-order valence-corrected chi connectivity index (χ1v) is 9.38. The second-order valence-electron chi connectivity index (χ2n) is 5.60. The minimum atomic E-state index is 0.757. The first-order chi connectivity index (χ1) is 10.2. The van der Waals surface area contributed by atoms with E-state index in [9.17, 15) is 0 Å². The SMILES string of the molecule is CNCCC1CCN(CCSc2cc(Cl)ccc2Cl)CC1. The van der Waals surface area contributed by atoms with Crippen molar-refractivity contribution in [1.82, 2.24) is 10.2 Å². The van der Waals surface area contributed by atoms with E-state index in [-0.39, 0.29) is 0 Å². The van der Waals surface area contributed by atoms with Crippen molar-refractivity contribution >= 4 is 35.0 Å². The van der Waals surface area contributed by atoms with Crippen LogP contribution in [0.5, 0.6) is 0 Å². The van der Waals surface area contributed by atoms with Gasteiger partial charge in [-0.3, -0.25) is 0 Å². The summed E-state index contributed by atoms with van der Waals surface area (Å²) in [4.78, 5) is 3.66. The Hall–Kier alpha value is 0.0700. The number of likely N-dealkylation sites (tertiary alicyclic amines) is 1. The lowest BCUT2D eigenvalue weighted by Gasteiger charge is -2.31. The Balaban J connectivity index is 1.67. The van der Waals surface area contributed by atoms with Crippen molar-refractivity contribution in [3.8, 4) is 0 Å². The van der Waals surface area contributed by atoms with Gasteiger partial charge in [0.2, 0.25) is 0 Å². The van der Waals surface area contributed by atoms with Crippen LogP contribution in [0.25, 0.3) is 0 Å². The fourth-order valence-electron chi connectivity index (χ4n) is 2.72. The molecule has 0 amide bonds. The minimum Gasteiger partial charge on any atom is -0.320 e. The lowest BCUT2D eigenvalue weighted by molar-refractivity contribution is 0.188. The highest BCUT2D eigenvalue weighted by Crippen LogP contribution is 2.30. The lowest BCUT2D eigenvalue weighted by atomic mass is 9.94. The van der Waals surface area contributed by atoms with Crippen LogP contribution in [-0.4, -0.2) is 43.9 Å². The van der Waals surface area contributed by atoms with Crippen molar-refractivity contribution < 1.29 is 0 Å². The van der Waals surface area contributed by atoms with Crippen LogP contribution in [0.15, 0.2) is 23.1 Å². The van der Waals surface area contributed by atoms with Gasteiger partial charge in [0, 0.05) is 22.2 Å². The quantitative estimate of drug-likeness (QED) is 0.736. The molecule has 21 heavy (non-hydrogen) atoms. The van der Waals surface area contributed by atoms with Crippen molar-refractivity contribution in [3.63, 3.8) is 0 Å². The van der Waals surface area contributed by atoms with E-state index in [0.717, 1.165) is 39.7 Å². The third-order valence-electron chi connectivity index (χ3n) is 4.07. The van der Waals surface area contributed by atoms with E-state index < -0.39 is 0 Å². The van der Waals surface area contributed by atoms with Crippen LogP contribution >= 0.6 is 35.0 Å². The Labute approximate surface area is 142 Å². The van der Waals surface area contributed by atoms with E-state index in [0.29, 0.717) is 0 Å². The highest BCUT2D eigenvalue weighted by molar-refractivity contribution is 7.99. The number of rotatable bonds is 7. The molecule has 2 nitrogen and oxygen atoms in total. The van der Waals surface area contributed by atoms with E-state index >= 15 is 0 Å². The van der Waals surface area contributed by atoms with E-state index in [1.807, 2.05) is 25.2 Å². The monoisotopic (exact) mass is 346 g/mol. The molecule has 0 atom stereocenters. The molecule has 1 aliphatic rings. The average molecular weight is 347 g/mol. The van der Waals surface area contributed by atoms with Crippen LogP contribution in [0, 0.1) is 5.92 Å². The van der Waals surface area contributed by atoms with Crippen molar-refractivity contribution in [2.24, 2.45) is 5.92 Å². The molecule has 5 heteroatoms. The normalized spacial score (nSPS) is 17.3. The van der Waals surface area contributed by atoms with Gasteiger partial charge in [0.15, 0.2) is 0 Å². The summed E-state index contributed by atoms with van der Waals surface area (Å²) in [5, 5.41) is 4.81. The smallest absolute Gasteiger partial charge is 0.0542 e. The third kappa shape index (κ3) is 5.99. The maximum absolute atomic E-state index is 6.19. The maximum Gasteiger partial charge on any atom is 0.0542 e. The fraction of sp³-hybridized carbons (Fsp3) is 0.625. The maximum atomic E-state index is 6.19. The molecule has 0 aromatic heterocycles. The summed E-state index contributed by atoms with van der Waals surface area (Å²) < 4.78 is 0. The van der Waals surface area contributed by atoms with Crippen molar-refractivity contribution in [3.05, 3.63) is 28.2 Å². The Bertz CT molecular complexity index is 434. The molecule has 0 spiro atoms. The van der Waals surface area contributed by atoms with Crippen LogP contribution in [0.4, 0.5) is 0 Å². The molecule has 1 heterocycles. The highest BCUT2D eigenvalue weighted by atomic mass is 35.5. The van der Waals surface area contributed by atoms with E-state index in [1.165, 1.54) is 32.4 Å². The number of hydrogen-bond acceptors (Lipinski definition) is 3. The third-order valence-corrected chi connectivity index (χ3v) is 5.78. The van der Waals surface area contributed by atoms with Gasteiger partial charge in [-0.2, -0.15) is 0 Å². The zero-order chi connectivity index (χ0) is 15.1. The van der Waals surface area contributed by atoms with Crippen LogP contribution in [0.1, 0.15) is 19.3 Å². The summed E-state index contributed by atoms with van der Waals surface area (Å²) in [6.07, 6.45) is 3.99. The number of nitrogens with zero attached hydrogens (tertiary/aromatic N) is 1. The molecule has 1 aromatic rings. The van der Waals surface area contributed by atoms with E-state index in [2.05, 4.69) is 10.2 Å². The van der Waals surface area contributed by atoms with Gasteiger partial charge >= 0.3 is 0 Å². The molecule has 1 aliphatic heterocycles. The number of piperidine rings is 1. The summed E-state index contributed by atoms with van der Waals surface area (Å²) in [6.45, 7) is 4.75. The molecule has 1 N–H and O–H groups in total. The Morgan fingerprint density at radius 2 is 2.05 bits per heavy atom. The first kappa shape index (κ1) is 17.4. The van der Waals surface area contributed by atoms with Gasteiger partial charge in [-0.05, 0) is 70.1 Å². The fourth-order valence-corrected chi connectivity index (χ4v) is 4.22. The van der Waals surface area contributed by atoms with Crippen molar-refractivity contribution in [1.29, 1.82) is 0 Å². The predicted octanol–water partition coefficient (Wildman–Crippen LogP) is 4.41. The van der Waals surface area contributed by atoms with Gasteiger partial charge in [-0.1, -0.05) is 23.2 Å². The lowest BCUT2D eigenvalue weighted by Crippen LogP contribution is -2.35. The van der Waals surface area contributed by atoms with Gasteiger partial charge in [0.25, 0.3) is 0 Å². The first-order valence-electron chi connectivity index (χ1n) is 7.64. The van der Waals surface area contributed by atoms with E-state index in [4.69, 9.17) is 23.2 Å². The summed E-state index contributed by atoms with van der Waals surface area (Å²) in [6, 6.07) is 5.67. The molecule has 1 aromatic carbocycles. The van der Waals surface area contributed by atoms with Gasteiger partial charge in [0.1, 0.15) is 0 Å². The molecule has 0 bridgehead atoms. The van der Waals surface area contributed by atoms with Crippen LogP contribution < -0.4 is 5.32 Å². The molecular formula is C16H24Cl2N2S. The molecule has 0 aliphatic carbocycles. The molecule has 0 unspecified atom stereocenters. The van der Waals surface area contributed by atoms with Crippen molar-refractivity contribution in [2.45, 2.75) is 24.2 Å². The van der Waals surface area contributed by atoms with Gasteiger partial charge < -0.3 is 10.2 Å². The standard InChI is InChI=1S/C16H24Cl2N2S/c1-19-7-4-13-5-8-20(9-6-13)10-11-21-16-12-14(17)2-3-15(16)18/h2-3,12-13,19H,4-11H2,1H3. The summed E-state index contributed by atoms with van der Waals surface area (Å²) in [5.74, 6) is 1.98. The molecule has 1 saturated heterocycles. The predicted molar refractivity (Wildman–Crippen MR) is 94.9 cm³/mol. The topological polar surface area (TPSA) is 15.3 Å². The van der Waals surface area contributed by atoms with Crippen molar-refractivity contribution in [2.75, 3.05) is 39.0 Å². The Kier molecular flexibility index (Phi) is 7.69. The number of thioether (sulfide) groups is 1. The molecule has 118 valence electrons. The zero-order valence-electron chi connectivity index (χ0n) is 12.6.